The Labute approximate surface area is 98.2 Å². The van der Waals surface area contributed by atoms with Crippen LogP contribution in [0.1, 0.15) is 26.7 Å². The Hall–Kier alpha value is 0.270. The molecule has 2 fully saturated rings. The molecule has 88 valence electrons. The molecule has 1 atom stereocenters. The third-order valence-corrected chi connectivity index (χ3v) is 4.82. The summed E-state index contributed by atoms with van der Waals surface area (Å²) in [5.74, 6) is 2.60. The summed E-state index contributed by atoms with van der Waals surface area (Å²) in [4.78, 5) is 2.65. The molecule has 0 aromatic carbocycles. The molecule has 0 radical (unpaired) electrons. The van der Waals surface area contributed by atoms with Crippen LogP contribution >= 0.6 is 11.8 Å². The molecule has 0 spiro atoms. The fourth-order valence-corrected chi connectivity index (χ4v) is 3.33. The van der Waals surface area contributed by atoms with Crippen molar-refractivity contribution in [2.24, 2.45) is 5.41 Å². The van der Waals surface area contributed by atoms with E-state index < -0.39 is 0 Å². The zero-order valence-electron chi connectivity index (χ0n) is 10.1. The first-order valence-corrected chi connectivity index (χ1v) is 7.35. The summed E-state index contributed by atoms with van der Waals surface area (Å²) in [5.41, 5.74) is 0.589. The normalized spacial score (nSPS) is 32.8. The molecule has 0 bridgehead atoms. The minimum absolute atomic E-state index is 0.589. The predicted octanol–water partition coefficient (Wildman–Crippen LogP) is 1.81. The fourth-order valence-electron chi connectivity index (χ4n) is 2.39. The van der Waals surface area contributed by atoms with Crippen molar-refractivity contribution in [3.8, 4) is 0 Å². The maximum absolute atomic E-state index is 3.62. The number of rotatable bonds is 2. The average Bonchev–Trinajstić information content (AvgIpc) is 2.23. The molecule has 1 N–H and O–H groups in total. The van der Waals surface area contributed by atoms with Gasteiger partial charge < -0.3 is 10.2 Å². The molecule has 15 heavy (non-hydrogen) atoms. The van der Waals surface area contributed by atoms with Gasteiger partial charge in [-0.15, -0.1) is 0 Å². The number of nitrogens with one attached hydrogen (secondary N) is 1. The van der Waals surface area contributed by atoms with E-state index >= 15 is 0 Å². The van der Waals surface area contributed by atoms with Crippen molar-refractivity contribution in [1.29, 1.82) is 0 Å². The van der Waals surface area contributed by atoms with Crippen LogP contribution in [0.3, 0.4) is 0 Å². The van der Waals surface area contributed by atoms with Gasteiger partial charge in [-0.2, -0.15) is 11.8 Å². The summed E-state index contributed by atoms with van der Waals surface area (Å²) in [6.45, 7) is 9.88. The van der Waals surface area contributed by atoms with E-state index in [1.54, 1.807) is 0 Å². The summed E-state index contributed by atoms with van der Waals surface area (Å²) in [7, 11) is 0. The third kappa shape index (κ3) is 3.65. The van der Waals surface area contributed by atoms with Gasteiger partial charge in [0.25, 0.3) is 0 Å². The molecule has 0 aromatic heterocycles. The van der Waals surface area contributed by atoms with Gasteiger partial charge >= 0.3 is 0 Å². The van der Waals surface area contributed by atoms with E-state index in [0.29, 0.717) is 5.41 Å². The van der Waals surface area contributed by atoms with Crippen LogP contribution in [0.4, 0.5) is 0 Å². The van der Waals surface area contributed by atoms with Crippen LogP contribution in [0.15, 0.2) is 0 Å². The zero-order chi connectivity index (χ0) is 10.7. The average molecular weight is 228 g/mol. The lowest BCUT2D eigenvalue weighted by atomic mass is 9.82. The van der Waals surface area contributed by atoms with Gasteiger partial charge in [0.1, 0.15) is 0 Å². The molecule has 0 aliphatic carbocycles. The Morgan fingerprint density at radius 3 is 2.67 bits per heavy atom. The Morgan fingerprint density at radius 1 is 1.33 bits per heavy atom. The van der Waals surface area contributed by atoms with Gasteiger partial charge in [-0.05, 0) is 31.3 Å². The Morgan fingerprint density at radius 2 is 2.07 bits per heavy atom. The zero-order valence-corrected chi connectivity index (χ0v) is 10.9. The molecule has 2 saturated heterocycles. The lowest BCUT2D eigenvalue weighted by Crippen LogP contribution is -2.48. The Bertz CT molecular complexity index is 190. The highest BCUT2D eigenvalue weighted by atomic mass is 32.2. The standard InChI is InChI=1S/C12H24N2S/c1-12(2)3-6-14(7-4-12)9-11-10-15-8-5-13-11/h11,13H,3-10H2,1-2H3. The van der Waals surface area contributed by atoms with Crippen LogP contribution in [0.5, 0.6) is 0 Å². The van der Waals surface area contributed by atoms with E-state index in [-0.39, 0.29) is 0 Å². The second kappa shape index (κ2) is 5.07. The summed E-state index contributed by atoms with van der Waals surface area (Å²) < 4.78 is 0. The summed E-state index contributed by atoms with van der Waals surface area (Å²) in [5, 5.41) is 3.62. The second-order valence-electron chi connectivity index (χ2n) is 5.69. The molecule has 3 heteroatoms. The van der Waals surface area contributed by atoms with Crippen molar-refractivity contribution in [2.75, 3.05) is 37.7 Å². The monoisotopic (exact) mass is 228 g/mol. The molecule has 2 aliphatic heterocycles. The maximum atomic E-state index is 3.62. The molecule has 2 aliphatic rings. The van der Waals surface area contributed by atoms with Crippen LogP contribution in [-0.4, -0.2) is 48.6 Å². The van der Waals surface area contributed by atoms with Gasteiger partial charge in [0.05, 0.1) is 0 Å². The van der Waals surface area contributed by atoms with Crippen molar-refractivity contribution >= 4 is 11.8 Å². The molecule has 0 aromatic rings. The van der Waals surface area contributed by atoms with Gasteiger partial charge in [0, 0.05) is 30.6 Å². The van der Waals surface area contributed by atoms with Crippen molar-refractivity contribution in [2.45, 2.75) is 32.7 Å². The van der Waals surface area contributed by atoms with E-state index in [1.165, 1.54) is 50.5 Å². The first kappa shape index (κ1) is 11.7. The van der Waals surface area contributed by atoms with Crippen LogP contribution in [-0.2, 0) is 0 Å². The fraction of sp³-hybridized carbons (Fsp3) is 1.00. The summed E-state index contributed by atoms with van der Waals surface area (Å²) >= 11 is 2.10. The van der Waals surface area contributed by atoms with Crippen LogP contribution in [0, 0.1) is 5.41 Å². The van der Waals surface area contributed by atoms with Gasteiger partial charge in [-0.25, -0.2) is 0 Å². The highest BCUT2D eigenvalue weighted by Gasteiger charge is 2.26. The SMILES string of the molecule is CC1(C)CCN(CC2CSCCN2)CC1. The van der Waals surface area contributed by atoms with Crippen molar-refractivity contribution in [3.63, 3.8) is 0 Å². The summed E-state index contributed by atoms with van der Waals surface area (Å²) in [6, 6.07) is 0.741. The van der Waals surface area contributed by atoms with E-state index in [1.807, 2.05) is 0 Å². The van der Waals surface area contributed by atoms with Gasteiger partial charge in [-0.3, -0.25) is 0 Å². The van der Waals surface area contributed by atoms with Gasteiger partial charge in [-0.1, -0.05) is 13.8 Å². The molecule has 0 amide bonds. The van der Waals surface area contributed by atoms with Crippen molar-refractivity contribution < 1.29 is 0 Å². The Balaban J connectivity index is 1.71. The minimum Gasteiger partial charge on any atom is -0.311 e. The smallest absolute Gasteiger partial charge is 0.0285 e. The molecule has 2 nitrogen and oxygen atoms in total. The highest BCUT2D eigenvalue weighted by Crippen LogP contribution is 2.29. The number of hydrogen-bond donors (Lipinski definition) is 1. The quantitative estimate of drug-likeness (QED) is 0.776. The van der Waals surface area contributed by atoms with E-state index in [0.717, 1.165) is 6.04 Å². The second-order valence-corrected chi connectivity index (χ2v) is 6.84. The summed E-state index contributed by atoms with van der Waals surface area (Å²) in [6.07, 6.45) is 2.74. The van der Waals surface area contributed by atoms with Gasteiger partial charge in [0.15, 0.2) is 0 Å². The number of likely N-dealkylation sites (tertiary alicyclic amines) is 1. The van der Waals surface area contributed by atoms with Crippen LogP contribution < -0.4 is 5.32 Å². The third-order valence-electron chi connectivity index (χ3n) is 3.69. The van der Waals surface area contributed by atoms with Crippen molar-refractivity contribution in [3.05, 3.63) is 0 Å². The predicted molar refractivity (Wildman–Crippen MR) is 68.6 cm³/mol. The number of thioether (sulfide) groups is 1. The lowest BCUT2D eigenvalue weighted by Gasteiger charge is -2.39. The van der Waals surface area contributed by atoms with E-state index in [2.05, 4.69) is 35.8 Å². The number of nitrogens with zero attached hydrogens (tertiary/aromatic N) is 1. The number of piperidine rings is 1. The molecular formula is C12H24N2S. The number of hydrogen-bond acceptors (Lipinski definition) is 3. The molecular weight excluding hydrogens is 204 g/mol. The molecule has 1 unspecified atom stereocenters. The van der Waals surface area contributed by atoms with Gasteiger partial charge in [0.2, 0.25) is 0 Å². The topological polar surface area (TPSA) is 15.3 Å². The maximum Gasteiger partial charge on any atom is 0.0285 e. The Kier molecular flexibility index (Phi) is 3.97. The minimum atomic E-state index is 0.589. The molecule has 2 rings (SSSR count). The first-order valence-electron chi connectivity index (χ1n) is 6.19. The van der Waals surface area contributed by atoms with Crippen molar-refractivity contribution in [1.82, 2.24) is 10.2 Å². The first-order chi connectivity index (χ1) is 7.16. The van der Waals surface area contributed by atoms with Crippen LogP contribution in [0.2, 0.25) is 0 Å². The van der Waals surface area contributed by atoms with E-state index in [9.17, 15) is 0 Å². The van der Waals surface area contributed by atoms with E-state index in [4.69, 9.17) is 0 Å². The molecule has 0 saturated carbocycles. The van der Waals surface area contributed by atoms with Crippen LogP contribution in [0.25, 0.3) is 0 Å². The largest absolute Gasteiger partial charge is 0.311 e. The highest BCUT2D eigenvalue weighted by molar-refractivity contribution is 7.99. The molecule has 2 heterocycles. The lowest BCUT2D eigenvalue weighted by molar-refractivity contribution is 0.125.